The fourth-order valence-electron chi connectivity index (χ4n) is 1.47. The lowest BCUT2D eigenvalue weighted by atomic mass is 10.2. The number of nitrogens with two attached hydrogens (primary N) is 1. The number of hydrogen-bond donors (Lipinski definition) is 1. The molecule has 4 heteroatoms. The molecule has 2 rings (SSSR count). The zero-order valence-corrected chi connectivity index (χ0v) is 8.23. The summed E-state index contributed by atoms with van der Waals surface area (Å²) in [5, 5.41) is 0. The molecule has 78 valence electrons. The Kier molecular flexibility index (Phi) is 2.67. The Balaban J connectivity index is 2.36. The molecule has 1 aromatic carbocycles. The third kappa shape index (κ3) is 1.98. The van der Waals surface area contributed by atoms with Crippen molar-refractivity contribution >= 4 is 5.69 Å². The van der Waals surface area contributed by atoms with Crippen molar-refractivity contribution in [2.75, 3.05) is 12.4 Å². The second kappa shape index (κ2) is 4.13. The van der Waals surface area contributed by atoms with Crippen molar-refractivity contribution in [2.45, 2.75) is 6.54 Å². The van der Waals surface area contributed by atoms with Gasteiger partial charge in [0.05, 0.1) is 6.54 Å². The topological polar surface area (TPSA) is 43.8 Å². The standard InChI is InChI=1S/C11H12FN3/c12-5-7-15-8-6-14-11(15)9-1-3-10(13)4-2-9/h1-4,6,8H,5,7,13H2. The number of halogens is 1. The first-order chi connectivity index (χ1) is 7.31. The summed E-state index contributed by atoms with van der Waals surface area (Å²) in [4.78, 5) is 4.19. The lowest BCUT2D eigenvalue weighted by Gasteiger charge is -2.05. The van der Waals surface area contributed by atoms with E-state index in [2.05, 4.69) is 4.98 Å². The number of alkyl halides is 1. The van der Waals surface area contributed by atoms with E-state index in [1.165, 1.54) is 0 Å². The number of benzene rings is 1. The molecule has 0 saturated carbocycles. The Labute approximate surface area is 87.4 Å². The fourth-order valence-corrected chi connectivity index (χ4v) is 1.47. The van der Waals surface area contributed by atoms with E-state index in [0.29, 0.717) is 12.2 Å². The van der Waals surface area contributed by atoms with E-state index >= 15 is 0 Å². The number of aryl methyl sites for hydroxylation is 1. The highest BCUT2D eigenvalue weighted by atomic mass is 19.1. The highest BCUT2D eigenvalue weighted by molar-refractivity contribution is 5.59. The van der Waals surface area contributed by atoms with Crippen LogP contribution >= 0.6 is 0 Å². The largest absolute Gasteiger partial charge is 0.399 e. The Morgan fingerprint density at radius 1 is 1.27 bits per heavy atom. The maximum atomic E-state index is 12.2. The smallest absolute Gasteiger partial charge is 0.139 e. The Hall–Kier alpha value is -1.84. The van der Waals surface area contributed by atoms with Crippen LogP contribution in [0.2, 0.25) is 0 Å². The number of hydrogen-bond acceptors (Lipinski definition) is 2. The van der Waals surface area contributed by atoms with Gasteiger partial charge in [-0.05, 0) is 24.3 Å². The van der Waals surface area contributed by atoms with Gasteiger partial charge in [0.2, 0.25) is 0 Å². The molecule has 2 aromatic rings. The van der Waals surface area contributed by atoms with Crippen LogP contribution in [0.15, 0.2) is 36.7 Å². The van der Waals surface area contributed by atoms with Gasteiger partial charge in [-0.15, -0.1) is 0 Å². The number of nitrogen functional groups attached to an aromatic ring is 1. The van der Waals surface area contributed by atoms with Gasteiger partial charge in [-0.3, -0.25) is 0 Å². The van der Waals surface area contributed by atoms with Crippen molar-refractivity contribution in [3.05, 3.63) is 36.7 Å². The first kappa shape index (κ1) is 9.71. The molecular weight excluding hydrogens is 193 g/mol. The second-order valence-corrected chi connectivity index (χ2v) is 3.26. The SMILES string of the molecule is Nc1ccc(-c2nccn2CCF)cc1. The zero-order valence-electron chi connectivity index (χ0n) is 8.23. The molecule has 2 N–H and O–H groups in total. The third-order valence-electron chi connectivity index (χ3n) is 2.21. The molecular formula is C11H12FN3. The van der Waals surface area contributed by atoms with Gasteiger partial charge in [0.15, 0.2) is 0 Å². The molecule has 0 bridgehead atoms. The summed E-state index contributed by atoms with van der Waals surface area (Å²) >= 11 is 0. The summed E-state index contributed by atoms with van der Waals surface area (Å²) in [7, 11) is 0. The predicted octanol–water partition coefficient (Wildman–Crippen LogP) is 2.10. The number of aromatic nitrogens is 2. The predicted molar refractivity (Wildman–Crippen MR) is 58.1 cm³/mol. The molecule has 1 aromatic heterocycles. The number of rotatable bonds is 3. The van der Waals surface area contributed by atoms with Gasteiger partial charge in [-0.25, -0.2) is 9.37 Å². The van der Waals surface area contributed by atoms with Gasteiger partial charge >= 0.3 is 0 Å². The minimum atomic E-state index is -0.391. The Morgan fingerprint density at radius 3 is 2.67 bits per heavy atom. The van der Waals surface area contributed by atoms with Crippen molar-refractivity contribution in [1.82, 2.24) is 9.55 Å². The molecule has 0 aliphatic rings. The maximum Gasteiger partial charge on any atom is 0.139 e. The molecule has 3 nitrogen and oxygen atoms in total. The highest BCUT2D eigenvalue weighted by Gasteiger charge is 2.04. The molecule has 0 spiro atoms. The lowest BCUT2D eigenvalue weighted by molar-refractivity contribution is 0.447. The van der Waals surface area contributed by atoms with E-state index < -0.39 is 6.67 Å². The number of anilines is 1. The Morgan fingerprint density at radius 2 is 2.00 bits per heavy atom. The summed E-state index contributed by atoms with van der Waals surface area (Å²) in [5.74, 6) is 0.771. The van der Waals surface area contributed by atoms with Gasteiger partial charge in [-0.2, -0.15) is 0 Å². The van der Waals surface area contributed by atoms with Crippen LogP contribution in [0.1, 0.15) is 0 Å². The monoisotopic (exact) mass is 205 g/mol. The van der Waals surface area contributed by atoms with Crippen molar-refractivity contribution in [3.63, 3.8) is 0 Å². The maximum absolute atomic E-state index is 12.2. The molecule has 0 saturated heterocycles. The van der Waals surface area contributed by atoms with Crippen LogP contribution in [0.5, 0.6) is 0 Å². The van der Waals surface area contributed by atoms with Crippen molar-refractivity contribution < 1.29 is 4.39 Å². The summed E-state index contributed by atoms with van der Waals surface area (Å²) in [5.41, 5.74) is 7.25. The van der Waals surface area contributed by atoms with Crippen LogP contribution in [-0.4, -0.2) is 16.2 Å². The fraction of sp³-hybridized carbons (Fsp3) is 0.182. The van der Waals surface area contributed by atoms with E-state index in [1.807, 2.05) is 24.3 Å². The normalized spacial score (nSPS) is 10.5. The molecule has 0 aliphatic heterocycles. The van der Waals surface area contributed by atoms with Crippen molar-refractivity contribution in [2.24, 2.45) is 0 Å². The Bertz CT molecular complexity index is 433. The molecule has 0 radical (unpaired) electrons. The quantitative estimate of drug-likeness (QED) is 0.780. The van der Waals surface area contributed by atoms with Gasteiger partial charge in [0.1, 0.15) is 12.5 Å². The van der Waals surface area contributed by atoms with Gasteiger partial charge in [0, 0.05) is 23.6 Å². The summed E-state index contributed by atoms with van der Waals surface area (Å²) < 4.78 is 14.0. The van der Waals surface area contributed by atoms with Crippen LogP contribution in [-0.2, 0) is 6.54 Å². The van der Waals surface area contributed by atoms with Crippen LogP contribution in [0.3, 0.4) is 0 Å². The molecule has 1 heterocycles. The minimum Gasteiger partial charge on any atom is -0.399 e. The molecule has 0 aliphatic carbocycles. The van der Waals surface area contributed by atoms with E-state index in [9.17, 15) is 4.39 Å². The first-order valence-corrected chi connectivity index (χ1v) is 4.74. The minimum absolute atomic E-state index is 0.333. The van der Waals surface area contributed by atoms with E-state index in [4.69, 9.17) is 5.73 Å². The zero-order chi connectivity index (χ0) is 10.7. The highest BCUT2D eigenvalue weighted by Crippen LogP contribution is 2.18. The van der Waals surface area contributed by atoms with E-state index in [1.54, 1.807) is 17.0 Å². The third-order valence-corrected chi connectivity index (χ3v) is 2.21. The molecule has 15 heavy (non-hydrogen) atoms. The van der Waals surface area contributed by atoms with Crippen molar-refractivity contribution in [3.8, 4) is 11.4 Å². The van der Waals surface area contributed by atoms with E-state index in [-0.39, 0.29) is 0 Å². The number of imidazole rings is 1. The molecule has 0 amide bonds. The summed E-state index contributed by atoms with van der Waals surface area (Å²) in [6, 6.07) is 7.38. The van der Waals surface area contributed by atoms with Crippen LogP contribution < -0.4 is 5.73 Å². The molecule has 0 fully saturated rings. The van der Waals surface area contributed by atoms with Crippen molar-refractivity contribution in [1.29, 1.82) is 0 Å². The van der Waals surface area contributed by atoms with Gasteiger partial charge in [-0.1, -0.05) is 0 Å². The first-order valence-electron chi connectivity index (χ1n) is 4.74. The lowest BCUT2D eigenvalue weighted by Crippen LogP contribution is -2.00. The van der Waals surface area contributed by atoms with Gasteiger partial charge in [0.25, 0.3) is 0 Å². The van der Waals surface area contributed by atoms with Crippen LogP contribution in [0, 0.1) is 0 Å². The van der Waals surface area contributed by atoms with E-state index in [0.717, 1.165) is 11.4 Å². The van der Waals surface area contributed by atoms with Crippen LogP contribution in [0.4, 0.5) is 10.1 Å². The summed E-state index contributed by atoms with van der Waals surface area (Å²) in [6.07, 6.45) is 3.44. The second-order valence-electron chi connectivity index (χ2n) is 3.26. The van der Waals surface area contributed by atoms with Gasteiger partial charge < -0.3 is 10.3 Å². The number of nitrogens with zero attached hydrogens (tertiary/aromatic N) is 2. The molecule has 0 unspecified atom stereocenters. The summed E-state index contributed by atoms with van der Waals surface area (Å²) in [6.45, 7) is -0.0575. The van der Waals surface area contributed by atoms with Crippen LogP contribution in [0.25, 0.3) is 11.4 Å². The molecule has 0 atom stereocenters. The average molecular weight is 205 g/mol. The average Bonchev–Trinajstić information content (AvgIpc) is 2.68.